The fourth-order valence-corrected chi connectivity index (χ4v) is 4.54. The van der Waals surface area contributed by atoms with E-state index in [4.69, 9.17) is 0 Å². The molecule has 1 fully saturated rings. The number of aryl methyl sites for hydroxylation is 2. The molecule has 1 saturated carbocycles. The molecule has 0 bridgehead atoms. The maximum atomic E-state index is 14.8. The summed E-state index contributed by atoms with van der Waals surface area (Å²) in [5, 5.41) is 0. The minimum absolute atomic E-state index is 0.120. The maximum Gasteiger partial charge on any atom is 0.215 e. The van der Waals surface area contributed by atoms with Crippen molar-refractivity contribution in [1.82, 2.24) is 0 Å². The predicted molar refractivity (Wildman–Crippen MR) is 116 cm³/mol. The lowest BCUT2D eigenvalue weighted by Gasteiger charge is -2.42. The standard InChI is InChI=1S/C26H37FN/c1-18-15-19(26(7)13-11-25(5,6)12-14-26)9-10-20(18)23-16-22(27)21(17-28(23)8)24(2,3)4/h9-10,15-17H,11-14H2,1-8H3/q+1. The maximum absolute atomic E-state index is 14.8. The van der Waals surface area contributed by atoms with Gasteiger partial charge in [0.25, 0.3) is 0 Å². The molecule has 0 saturated heterocycles. The second-order valence-corrected chi connectivity index (χ2v) is 11.0. The molecule has 2 aromatic rings. The minimum Gasteiger partial charge on any atom is -0.206 e. The lowest BCUT2D eigenvalue weighted by atomic mass is 9.63. The van der Waals surface area contributed by atoms with E-state index in [1.807, 2.05) is 13.2 Å². The third kappa shape index (κ3) is 4.02. The number of halogens is 1. The number of benzene rings is 1. The van der Waals surface area contributed by atoms with Gasteiger partial charge in [-0.1, -0.05) is 53.7 Å². The van der Waals surface area contributed by atoms with Gasteiger partial charge in [0.1, 0.15) is 12.9 Å². The summed E-state index contributed by atoms with van der Waals surface area (Å²) in [5.41, 5.74) is 5.97. The van der Waals surface area contributed by atoms with Crippen molar-refractivity contribution < 1.29 is 8.96 Å². The number of pyridine rings is 1. The third-order valence-electron chi connectivity index (χ3n) is 6.94. The minimum atomic E-state index is -0.206. The first-order valence-corrected chi connectivity index (χ1v) is 10.6. The van der Waals surface area contributed by atoms with E-state index < -0.39 is 0 Å². The van der Waals surface area contributed by atoms with Gasteiger partial charge in [-0.3, -0.25) is 0 Å². The van der Waals surface area contributed by atoms with E-state index in [1.54, 1.807) is 6.07 Å². The molecule has 0 radical (unpaired) electrons. The van der Waals surface area contributed by atoms with Crippen LogP contribution in [0.2, 0.25) is 0 Å². The van der Waals surface area contributed by atoms with Crippen LogP contribution >= 0.6 is 0 Å². The van der Waals surface area contributed by atoms with E-state index in [9.17, 15) is 4.39 Å². The van der Waals surface area contributed by atoms with Crippen LogP contribution in [0.1, 0.15) is 83.9 Å². The largest absolute Gasteiger partial charge is 0.215 e. The van der Waals surface area contributed by atoms with E-state index in [-0.39, 0.29) is 16.6 Å². The van der Waals surface area contributed by atoms with Crippen molar-refractivity contribution >= 4 is 0 Å². The van der Waals surface area contributed by atoms with E-state index in [1.165, 1.54) is 36.8 Å². The van der Waals surface area contributed by atoms with Crippen molar-refractivity contribution in [2.75, 3.05) is 0 Å². The summed E-state index contributed by atoms with van der Waals surface area (Å²) < 4.78 is 16.9. The van der Waals surface area contributed by atoms with Crippen LogP contribution in [-0.2, 0) is 17.9 Å². The fraction of sp³-hybridized carbons (Fsp3) is 0.577. The molecule has 3 rings (SSSR count). The quantitative estimate of drug-likeness (QED) is 0.504. The topological polar surface area (TPSA) is 3.88 Å². The molecule has 1 aromatic carbocycles. The van der Waals surface area contributed by atoms with Crippen molar-refractivity contribution in [1.29, 1.82) is 0 Å². The van der Waals surface area contributed by atoms with E-state index >= 15 is 0 Å². The van der Waals surface area contributed by atoms with Crippen LogP contribution in [0.5, 0.6) is 0 Å². The van der Waals surface area contributed by atoms with Gasteiger partial charge in [-0.05, 0) is 66.0 Å². The second kappa shape index (κ2) is 6.97. The number of hydrogen-bond acceptors (Lipinski definition) is 0. The number of hydrogen-bond donors (Lipinski definition) is 0. The molecule has 0 atom stereocenters. The first-order valence-electron chi connectivity index (χ1n) is 10.6. The molecule has 1 heterocycles. The Balaban J connectivity index is 1.97. The molecule has 28 heavy (non-hydrogen) atoms. The lowest BCUT2D eigenvalue weighted by molar-refractivity contribution is -0.661. The molecular weight excluding hydrogens is 345 g/mol. The number of nitrogens with zero attached hydrogens (tertiary/aromatic N) is 1. The Morgan fingerprint density at radius 2 is 1.57 bits per heavy atom. The number of rotatable bonds is 2. The van der Waals surface area contributed by atoms with E-state index in [0.717, 1.165) is 16.8 Å². The van der Waals surface area contributed by atoms with E-state index in [2.05, 4.69) is 71.2 Å². The van der Waals surface area contributed by atoms with Gasteiger partial charge in [0, 0.05) is 11.6 Å². The Hall–Kier alpha value is -1.70. The zero-order valence-electron chi connectivity index (χ0n) is 19.0. The average Bonchev–Trinajstić information content (AvgIpc) is 2.59. The van der Waals surface area contributed by atoms with Crippen LogP contribution in [-0.4, -0.2) is 0 Å². The Kier molecular flexibility index (Phi) is 5.23. The number of aromatic nitrogens is 1. The highest BCUT2D eigenvalue weighted by atomic mass is 19.1. The molecule has 0 spiro atoms. The van der Waals surface area contributed by atoms with Gasteiger partial charge in [0.15, 0.2) is 6.20 Å². The monoisotopic (exact) mass is 382 g/mol. The first kappa shape index (κ1) is 21.0. The summed E-state index contributed by atoms with van der Waals surface area (Å²) in [5.74, 6) is -0.120. The molecular formula is C26H37FN+. The molecule has 0 aliphatic heterocycles. The van der Waals surface area contributed by atoms with Gasteiger partial charge >= 0.3 is 0 Å². The fourth-order valence-electron chi connectivity index (χ4n) is 4.54. The molecule has 0 N–H and O–H groups in total. The van der Waals surface area contributed by atoms with Crippen molar-refractivity contribution in [3.05, 3.63) is 53.0 Å². The van der Waals surface area contributed by atoms with Crippen LogP contribution < -0.4 is 4.57 Å². The Labute approximate surface area is 171 Å². The molecule has 1 aliphatic carbocycles. The average molecular weight is 383 g/mol. The molecule has 1 nitrogen and oxygen atoms in total. The molecule has 2 heteroatoms. The van der Waals surface area contributed by atoms with Gasteiger partial charge in [-0.25, -0.2) is 8.96 Å². The summed E-state index contributed by atoms with van der Waals surface area (Å²) in [6.07, 6.45) is 6.98. The van der Waals surface area contributed by atoms with Crippen LogP contribution in [0.3, 0.4) is 0 Å². The van der Waals surface area contributed by atoms with Crippen LogP contribution in [0, 0.1) is 18.2 Å². The van der Waals surface area contributed by atoms with Crippen molar-refractivity contribution in [3.8, 4) is 11.3 Å². The van der Waals surface area contributed by atoms with Gasteiger partial charge in [0.2, 0.25) is 5.69 Å². The molecule has 0 unspecified atom stereocenters. The van der Waals surface area contributed by atoms with Gasteiger partial charge in [-0.15, -0.1) is 0 Å². The zero-order chi connectivity index (χ0) is 20.9. The summed E-state index contributed by atoms with van der Waals surface area (Å²) in [7, 11) is 2.02. The molecule has 0 amide bonds. The van der Waals surface area contributed by atoms with Gasteiger partial charge in [0.05, 0.1) is 5.56 Å². The SMILES string of the molecule is Cc1cc(C2(C)CCC(C)(C)CC2)ccc1-c1cc(F)c(C(C)(C)C)c[n+]1C. The Bertz CT molecular complexity index is 876. The smallest absolute Gasteiger partial charge is 0.206 e. The van der Waals surface area contributed by atoms with E-state index in [0.29, 0.717) is 5.41 Å². The third-order valence-corrected chi connectivity index (χ3v) is 6.94. The highest BCUT2D eigenvalue weighted by molar-refractivity contribution is 5.62. The van der Waals surface area contributed by atoms with Crippen LogP contribution in [0.25, 0.3) is 11.3 Å². The first-order chi connectivity index (χ1) is 12.8. The predicted octanol–water partition coefficient (Wildman–Crippen LogP) is 6.78. The van der Waals surface area contributed by atoms with Gasteiger partial charge < -0.3 is 0 Å². The van der Waals surface area contributed by atoms with Crippen molar-refractivity contribution in [2.45, 2.75) is 85.0 Å². The summed E-state index contributed by atoms with van der Waals surface area (Å²) in [6, 6.07) is 8.51. The normalized spacial score (nSPS) is 18.9. The second-order valence-electron chi connectivity index (χ2n) is 11.0. The Morgan fingerprint density at radius 3 is 2.11 bits per heavy atom. The highest BCUT2D eigenvalue weighted by Gasteiger charge is 2.36. The summed E-state index contributed by atoms with van der Waals surface area (Å²) in [4.78, 5) is 0. The highest BCUT2D eigenvalue weighted by Crippen LogP contribution is 2.46. The zero-order valence-corrected chi connectivity index (χ0v) is 19.0. The van der Waals surface area contributed by atoms with Crippen molar-refractivity contribution in [3.63, 3.8) is 0 Å². The molecule has 1 aliphatic rings. The van der Waals surface area contributed by atoms with Crippen molar-refractivity contribution in [2.24, 2.45) is 12.5 Å². The molecule has 1 aromatic heterocycles. The van der Waals surface area contributed by atoms with Gasteiger partial charge in [-0.2, -0.15) is 0 Å². The van der Waals surface area contributed by atoms with Crippen LogP contribution in [0.4, 0.5) is 4.39 Å². The Morgan fingerprint density at radius 1 is 0.964 bits per heavy atom. The summed E-state index contributed by atoms with van der Waals surface area (Å²) >= 11 is 0. The lowest BCUT2D eigenvalue weighted by Crippen LogP contribution is -2.34. The summed E-state index contributed by atoms with van der Waals surface area (Å²) in [6.45, 7) is 15.5. The molecule has 152 valence electrons. The van der Waals surface area contributed by atoms with Crippen LogP contribution in [0.15, 0.2) is 30.5 Å².